The fourth-order valence-electron chi connectivity index (χ4n) is 4.10. The number of halogens is 3. The van der Waals surface area contributed by atoms with Gasteiger partial charge in [-0.05, 0) is 55.0 Å². The lowest BCUT2D eigenvalue weighted by Gasteiger charge is -2.12. The number of nitrogens with zero attached hydrogens (tertiary/aromatic N) is 1. The van der Waals surface area contributed by atoms with Crippen molar-refractivity contribution < 1.29 is 32.0 Å². The van der Waals surface area contributed by atoms with E-state index >= 15 is 0 Å². The first-order valence-corrected chi connectivity index (χ1v) is 13.0. The SMILES string of the molecule is CC[O+]=NC(=C(CC)C(=[O+][NH-])c1ccccc1C(=CNC)C(=O)OC)c1ccc(Oc2cccc(C(F)(F)F)c2)cc1. The van der Waals surface area contributed by atoms with Crippen molar-refractivity contribution in [1.82, 2.24) is 5.32 Å². The van der Waals surface area contributed by atoms with Crippen LogP contribution in [0.3, 0.4) is 0 Å². The van der Waals surface area contributed by atoms with Crippen molar-refractivity contribution in [3.63, 3.8) is 0 Å². The zero-order valence-corrected chi connectivity index (χ0v) is 23.5. The third-order valence-corrected chi connectivity index (χ3v) is 5.98. The van der Waals surface area contributed by atoms with E-state index in [0.29, 0.717) is 40.1 Å². The minimum Gasteiger partial charge on any atom is -0.465 e. The molecule has 0 heterocycles. The van der Waals surface area contributed by atoms with Gasteiger partial charge in [0.2, 0.25) is 0 Å². The van der Waals surface area contributed by atoms with Gasteiger partial charge >= 0.3 is 24.5 Å². The molecule has 0 aliphatic heterocycles. The normalized spacial score (nSPS) is 13.1. The number of allylic oxidation sites excluding steroid dienone is 1. The number of esters is 1. The summed E-state index contributed by atoms with van der Waals surface area (Å²) in [6, 6.07) is 18.0. The van der Waals surface area contributed by atoms with Crippen molar-refractivity contribution in [3.8, 4) is 11.5 Å². The zero-order chi connectivity index (χ0) is 30.7. The maximum atomic E-state index is 13.1. The van der Waals surface area contributed by atoms with E-state index in [0.717, 1.165) is 12.1 Å². The lowest BCUT2D eigenvalue weighted by molar-refractivity contribution is -0.171. The van der Waals surface area contributed by atoms with Crippen molar-refractivity contribution in [2.45, 2.75) is 26.4 Å². The van der Waals surface area contributed by atoms with Gasteiger partial charge in [0.15, 0.2) is 10.9 Å². The molecule has 11 heteroatoms. The Morgan fingerprint density at radius 1 is 1.00 bits per heavy atom. The number of benzene rings is 3. The van der Waals surface area contributed by atoms with Crippen LogP contribution in [0, 0.1) is 4.54 Å². The van der Waals surface area contributed by atoms with Crippen LogP contribution in [0.15, 0.2) is 89.7 Å². The second-order valence-corrected chi connectivity index (χ2v) is 8.66. The summed E-state index contributed by atoms with van der Waals surface area (Å²) in [6.45, 7) is 3.89. The van der Waals surface area contributed by atoms with E-state index in [1.165, 1.54) is 25.4 Å². The van der Waals surface area contributed by atoms with Gasteiger partial charge in [0.05, 0.1) is 29.4 Å². The lowest BCUT2D eigenvalue weighted by atomic mass is 9.91. The Hall–Kier alpha value is -4.93. The smallest absolute Gasteiger partial charge is 0.416 e. The molecule has 3 aromatic rings. The Bertz CT molecular complexity index is 1510. The number of hydrogen-bond donors (Lipinski definition) is 1. The van der Waals surface area contributed by atoms with E-state index < -0.39 is 17.7 Å². The Morgan fingerprint density at radius 3 is 2.26 bits per heavy atom. The molecule has 0 aliphatic rings. The number of carbonyl (C=O) groups excluding carboxylic acids is 2. The van der Waals surface area contributed by atoms with Crippen LogP contribution in [0.1, 0.15) is 47.0 Å². The van der Waals surface area contributed by atoms with Crippen LogP contribution in [0.5, 0.6) is 11.5 Å². The molecule has 0 radical (unpaired) electrons. The number of hydrogen-bond acceptors (Lipinski definition) is 5. The summed E-state index contributed by atoms with van der Waals surface area (Å²) in [5.41, 5.74) is 1.76. The molecule has 0 amide bonds. The van der Waals surface area contributed by atoms with E-state index in [1.807, 2.05) is 6.92 Å². The largest absolute Gasteiger partial charge is 0.465 e. The van der Waals surface area contributed by atoms with Gasteiger partial charge in [-0.1, -0.05) is 31.2 Å². The summed E-state index contributed by atoms with van der Waals surface area (Å²) in [6.07, 6.45) is -2.64. The first-order chi connectivity index (χ1) is 20.2. The number of nitrogens with one attached hydrogen (secondary N) is 2. The number of rotatable bonds is 11. The van der Waals surface area contributed by atoms with Gasteiger partial charge in [0.1, 0.15) is 11.5 Å². The molecular weight excluding hydrogens is 551 g/mol. The Kier molecular flexibility index (Phi) is 11.0. The number of ketones is 1. The van der Waals surface area contributed by atoms with Gasteiger partial charge < -0.3 is 14.8 Å². The van der Waals surface area contributed by atoms with Gasteiger partial charge in [-0.2, -0.15) is 13.2 Å². The molecule has 0 fully saturated rings. The molecule has 3 aromatic carbocycles. The number of methoxy groups -OCH3 is 1. The summed E-state index contributed by atoms with van der Waals surface area (Å²) in [4.78, 5) is 12.6. The lowest BCUT2D eigenvalue weighted by Crippen LogP contribution is -2.14. The van der Waals surface area contributed by atoms with Crippen LogP contribution >= 0.6 is 0 Å². The van der Waals surface area contributed by atoms with Crippen LogP contribution in [-0.2, 0) is 15.7 Å². The molecule has 0 unspecified atom stereocenters. The first-order valence-electron chi connectivity index (χ1n) is 13.0. The first kappa shape index (κ1) is 31.6. The van der Waals surface area contributed by atoms with E-state index in [-0.39, 0.29) is 23.7 Å². The molecule has 3 rings (SSSR count). The molecule has 0 spiro atoms. The topological polar surface area (TPSA) is 106 Å². The highest BCUT2D eigenvalue weighted by molar-refractivity contribution is 6.22. The fourth-order valence-corrected chi connectivity index (χ4v) is 4.10. The minimum atomic E-state index is -4.49. The van der Waals surface area contributed by atoms with Crippen LogP contribution in [0.4, 0.5) is 13.2 Å². The summed E-state index contributed by atoms with van der Waals surface area (Å²) in [7, 11) is 2.92. The molecule has 0 aromatic heterocycles. The van der Waals surface area contributed by atoms with Gasteiger partial charge in [-0.15, -0.1) is 4.54 Å². The van der Waals surface area contributed by atoms with Crippen LogP contribution in [0.25, 0.3) is 17.2 Å². The predicted octanol–water partition coefficient (Wildman–Crippen LogP) is 8.06. The minimum absolute atomic E-state index is 0.0347. The van der Waals surface area contributed by atoms with Gasteiger partial charge in [0, 0.05) is 31.3 Å². The fraction of sp³-hybridized carbons (Fsp3) is 0.226. The van der Waals surface area contributed by atoms with Crippen LogP contribution in [0.2, 0.25) is 0 Å². The molecular formula is C31H31F3N3O5+. The molecule has 0 aliphatic carbocycles. The highest BCUT2D eigenvalue weighted by atomic mass is 19.4. The van der Waals surface area contributed by atoms with Crippen molar-refractivity contribution in [1.29, 1.82) is 0 Å². The second kappa shape index (κ2) is 14.6. The van der Waals surface area contributed by atoms with Crippen molar-refractivity contribution in [2.75, 3.05) is 20.8 Å². The van der Waals surface area contributed by atoms with E-state index in [4.69, 9.17) is 24.4 Å². The number of ether oxygens (including phenoxy) is 2. The standard InChI is InChI=1S/C31H30F3N3O5/c1-5-24(29(42-35)26-13-8-7-12-25(26)27(19-36-3)30(38)39-4)28(37-40-6-2)20-14-16-22(17-15-20)41-23-11-9-10-21(18-23)31(32,33)34/h7-19,35H,5-6H2,1-4H3/p+1. The molecule has 2 N–H and O–H groups in total. The molecule has 0 atom stereocenters. The monoisotopic (exact) mass is 582 g/mol. The number of carbonyl (C=O) groups is 1. The Morgan fingerprint density at radius 2 is 1.69 bits per heavy atom. The van der Waals surface area contributed by atoms with E-state index in [1.54, 1.807) is 62.5 Å². The summed E-state index contributed by atoms with van der Waals surface area (Å²) in [5, 5.41) is 7.14. The molecule has 0 saturated carbocycles. The van der Waals surface area contributed by atoms with Crippen molar-refractivity contribution in [3.05, 3.63) is 117 Å². The highest BCUT2D eigenvalue weighted by Gasteiger charge is 2.32. The van der Waals surface area contributed by atoms with Gasteiger partial charge in [-0.25, -0.2) is 4.79 Å². The van der Waals surface area contributed by atoms with E-state index in [9.17, 15) is 18.0 Å². The molecule has 0 saturated heterocycles. The number of nitroso groups, excluding NO2 is 1. The van der Waals surface area contributed by atoms with Crippen molar-refractivity contribution in [2.24, 2.45) is 5.18 Å². The summed E-state index contributed by atoms with van der Waals surface area (Å²) >= 11 is 0. The predicted molar refractivity (Wildman–Crippen MR) is 156 cm³/mol. The molecule has 42 heavy (non-hydrogen) atoms. The zero-order valence-electron chi connectivity index (χ0n) is 23.5. The van der Waals surface area contributed by atoms with Crippen LogP contribution in [-0.4, -0.2) is 32.5 Å². The maximum absolute atomic E-state index is 13.1. The molecule has 0 bridgehead atoms. The summed E-state index contributed by atoms with van der Waals surface area (Å²) < 4.78 is 60.5. The quantitative estimate of drug-likeness (QED) is 0.0811. The Balaban J connectivity index is 2.10. The highest BCUT2D eigenvalue weighted by Crippen LogP contribution is 2.34. The summed E-state index contributed by atoms with van der Waals surface area (Å²) in [5.74, 6) is 7.87. The average Bonchev–Trinajstić information content (AvgIpc) is 2.99. The van der Waals surface area contributed by atoms with Gasteiger partial charge in [0.25, 0.3) is 0 Å². The van der Waals surface area contributed by atoms with E-state index in [2.05, 4.69) is 10.5 Å². The third-order valence-electron chi connectivity index (χ3n) is 5.98. The van der Waals surface area contributed by atoms with Crippen molar-refractivity contribution >= 4 is 23.0 Å². The second-order valence-electron chi connectivity index (χ2n) is 8.66. The number of alkyl halides is 3. The molecule has 220 valence electrons. The van der Waals surface area contributed by atoms with Crippen LogP contribution < -0.4 is 10.1 Å². The maximum Gasteiger partial charge on any atom is 0.416 e. The average molecular weight is 583 g/mol. The Labute approximate surface area is 241 Å². The van der Waals surface area contributed by atoms with Gasteiger partial charge in [-0.3, -0.25) is 10.4 Å². The third kappa shape index (κ3) is 7.62. The molecule has 8 nitrogen and oxygen atoms in total.